The first-order valence-electron chi connectivity index (χ1n) is 6.12. The normalized spacial score (nSPS) is 13.6. The van der Waals surface area contributed by atoms with Crippen molar-refractivity contribution >= 4 is 15.8 Å². The van der Waals surface area contributed by atoms with Crippen molar-refractivity contribution in [3.63, 3.8) is 0 Å². The Balaban J connectivity index is 3.20. The topological polar surface area (TPSA) is 62.3 Å². The second kappa shape index (κ2) is 6.15. The van der Waals surface area contributed by atoms with Crippen LogP contribution in [-0.2, 0) is 10.0 Å². The van der Waals surface area contributed by atoms with Gasteiger partial charge in [0.25, 0.3) is 0 Å². The molecule has 0 amide bonds. The maximum absolute atomic E-state index is 12.5. The zero-order chi connectivity index (χ0) is 13.8. The van der Waals surface area contributed by atoms with Gasteiger partial charge in [0, 0.05) is 25.8 Å². The summed E-state index contributed by atoms with van der Waals surface area (Å²) in [5, 5.41) is 2.98. The fraction of sp³-hybridized carbons (Fsp3) is 0.583. The first-order valence-corrected chi connectivity index (χ1v) is 7.56. The molecule has 0 fully saturated rings. The van der Waals surface area contributed by atoms with Gasteiger partial charge in [-0.15, -0.1) is 0 Å². The van der Waals surface area contributed by atoms with Crippen LogP contribution in [0.3, 0.4) is 0 Å². The summed E-state index contributed by atoms with van der Waals surface area (Å²) < 4.78 is 26.3. The molecule has 0 bridgehead atoms. The zero-order valence-electron chi connectivity index (χ0n) is 11.3. The summed E-state index contributed by atoms with van der Waals surface area (Å²) in [6, 6.07) is 3.18. The molecule has 1 aromatic rings. The second-order valence-electron chi connectivity index (χ2n) is 4.16. The summed E-state index contributed by atoms with van der Waals surface area (Å²) >= 11 is 0. The van der Waals surface area contributed by atoms with Crippen LogP contribution in [-0.4, -0.2) is 37.3 Å². The number of hydrogen-bond donors (Lipinski definition) is 1. The van der Waals surface area contributed by atoms with Crippen LogP contribution >= 0.6 is 0 Å². The summed E-state index contributed by atoms with van der Waals surface area (Å²) in [4.78, 5) is 4.32. The van der Waals surface area contributed by atoms with Gasteiger partial charge in [0.05, 0.1) is 0 Å². The summed E-state index contributed by atoms with van der Waals surface area (Å²) in [5.41, 5.74) is 0. The van der Waals surface area contributed by atoms with E-state index < -0.39 is 10.0 Å². The highest BCUT2D eigenvalue weighted by Gasteiger charge is 2.27. The van der Waals surface area contributed by atoms with E-state index in [9.17, 15) is 8.42 Å². The lowest BCUT2D eigenvalue weighted by molar-refractivity contribution is 0.380. The molecular formula is C12H21N3O2S. The second-order valence-corrected chi connectivity index (χ2v) is 6.12. The van der Waals surface area contributed by atoms with Crippen molar-refractivity contribution < 1.29 is 8.42 Å². The lowest BCUT2D eigenvalue weighted by Crippen LogP contribution is -2.35. The Morgan fingerprint density at radius 1 is 1.44 bits per heavy atom. The summed E-state index contributed by atoms with van der Waals surface area (Å²) in [7, 11) is -1.89. The highest BCUT2D eigenvalue weighted by molar-refractivity contribution is 7.89. The predicted molar refractivity (Wildman–Crippen MR) is 73.1 cm³/mol. The van der Waals surface area contributed by atoms with E-state index in [0.717, 1.165) is 6.42 Å². The number of pyridine rings is 1. The molecular weight excluding hydrogens is 250 g/mol. The van der Waals surface area contributed by atoms with Gasteiger partial charge >= 0.3 is 0 Å². The molecule has 1 atom stereocenters. The monoisotopic (exact) mass is 271 g/mol. The van der Waals surface area contributed by atoms with Gasteiger partial charge in [0.2, 0.25) is 10.0 Å². The van der Waals surface area contributed by atoms with E-state index in [1.54, 1.807) is 25.4 Å². The third-order valence-corrected chi connectivity index (χ3v) is 4.99. The Morgan fingerprint density at radius 2 is 2.11 bits per heavy atom. The summed E-state index contributed by atoms with van der Waals surface area (Å²) in [6.45, 7) is 6.39. The van der Waals surface area contributed by atoms with Crippen LogP contribution in [0.25, 0.3) is 0 Å². The number of nitrogens with one attached hydrogen (secondary N) is 1. The van der Waals surface area contributed by atoms with E-state index in [4.69, 9.17) is 0 Å². The summed E-state index contributed by atoms with van der Waals surface area (Å²) in [5.74, 6) is 0.412. The molecule has 102 valence electrons. The number of nitrogens with zero attached hydrogens (tertiary/aromatic N) is 2. The fourth-order valence-electron chi connectivity index (χ4n) is 1.55. The average Bonchev–Trinajstić information content (AvgIpc) is 2.37. The van der Waals surface area contributed by atoms with Crippen LogP contribution < -0.4 is 5.32 Å². The molecule has 0 saturated carbocycles. The number of hydrogen-bond acceptors (Lipinski definition) is 4. The molecule has 6 heteroatoms. The van der Waals surface area contributed by atoms with Crippen molar-refractivity contribution in [2.24, 2.45) is 0 Å². The molecule has 5 nitrogen and oxygen atoms in total. The minimum Gasteiger partial charge on any atom is -0.369 e. The number of aromatic nitrogens is 1. The molecule has 0 aliphatic carbocycles. The number of sulfonamides is 1. The van der Waals surface area contributed by atoms with Crippen molar-refractivity contribution in [1.82, 2.24) is 9.29 Å². The van der Waals surface area contributed by atoms with Crippen molar-refractivity contribution in [2.45, 2.75) is 38.1 Å². The van der Waals surface area contributed by atoms with Crippen molar-refractivity contribution in [2.75, 3.05) is 18.9 Å². The molecule has 0 spiro atoms. The van der Waals surface area contributed by atoms with E-state index in [-0.39, 0.29) is 10.9 Å². The smallest absolute Gasteiger partial charge is 0.246 e. The predicted octanol–water partition coefficient (Wildman–Crippen LogP) is 1.93. The molecule has 18 heavy (non-hydrogen) atoms. The van der Waals surface area contributed by atoms with E-state index in [1.807, 2.05) is 20.8 Å². The third-order valence-electron chi connectivity index (χ3n) is 2.98. The SMILES string of the molecule is CCNc1ncccc1S(=O)(=O)N(C)C(C)CC. The van der Waals surface area contributed by atoms with Crippen LogP contribution in [0.5, 0.6) is 0 Å². The maximum atomic E-state index is 12.5. The molecule has 1 unspecified atom stereocenters. The first kappa shape index (κ1) is 14.9. The molecule has 0 saturated heterocycles. The van der Waals surface area contributed by atoms with Gasteiger partial charge in [-0.1, -0.05) is 6.92 Å². The molecule has 0 radical (unpaired) electrons. The van der Waals surface area contributed by atoms with Crippen LogP contribution in [0, 0.1) is 0 Å². The Kier molecular flexibility index (Phi) is 5.10. The molecule has 1 aromatic heterocycles. The van der Waals surface area contributed by atoms with E-state index in [2.05, 4.69) is 10.3 Å². The molecule has 1 heterocycles. The van der Waals surface area contributed by atoms with Gasteiger partial charge in [-0.3, -0.25) is 0 Å². The summed E-state index contributed by atoms with van der Waals surface area (Å²) in [6.07, 6.45) is 2.35. The van der Waals surface area contributed by atoms with E-state index in [1.165, 1.54) is 4.31 Å². The molecule has 1 N–H and O–H groups in total. The minimum absolute atomic E-state index is 0.0373. The Labute approximate surface area is 109 Å². The van der Waals surface area contributed by atoms with Crippen molar-refractivity contribution in [1.29, 1.82) is 0 Å². The Bertz CT molecular complexity index is 488. The van der Waals surface area contributed by atoms with Crippen LogP contribution in [0.4, 0.5) is 5.82 Å². The van der Waals surface area contributed by atoms with Crippen molar-refractivity contribution in [3.8, 4) is 0 Å². The van der Waals surface area contributed by atoms with E-state index >= 15 is 0 Å². The van der Waals surface area contributed by atoms with Gasteiger partial charge in [-0.25, -0.2) is 13.4 Å². The third kappa shape index (κ3) is 3.00. The molecule has 0 aliphatic rings. The van der Waals surface area contributed by atoms with Gasteiger partial charge in [-0.05, 0) is 32.4 Å². The fourth-order valence-corrected chi connectivity index (χ4v) is 3.10. The Morgan fingerprint density at radius 3 is 2.67 bits per heavy atom. The largest absolute Gasteiger partial charge is 0.369 e. The standard InChI is InChI=1S/C12H21N3O2S/c1-5-10(3)15(4)18(16,17)11-8-7-9-14-12(11)13-6-2/h7-10H,5-6H2,1-4H3,(H,13,14). The number of anilines is 1. The van der Waals surface area contributed by atoms with Gasteiger partial charge in [-0.2, -0.15) is 4.31 Å². The lowest BCUT2D eigenvalue weighted by Gasteiger charge is -2.24. The molecule has 0 aliphatic heterocycles. The average molecular weight is 271 g/mol. The van der Waals surface area contributed by atoms with Gasteiger partial charge in [0.15, 0.2) is 0 Å². The van der Waals surface area contributed by atoms with Crippen LogP contribution in [0.15, 0.2) is 23.2 Å². The maximum Gasteiger partial charge on any atom is 0.246 e. The zero-order valence-corrected chi connectivity index (χ0v) is 12.2. The van der Waals surface area contributed by atoms with E-state index in [0.29, 0.717) is 12.4 Å². The van der Waals surface area contributed by atoms with Gasteiger partial charge in [0.1, 0.15) is 10.7 Å². The number of rotatable bonds is 6. The minimum atomic E-state index is -3.49. The van der Waals surface area contributed by atoms with Gasteiger partial charge < -0.3 is 5.32 Å². The van der Waals surface area contributed by atoms with Crippen molar-refractivity contribution in [3.05, 3.63) is 18.3 Å². The molecule has 1 rings (SSSR count). The van der Waals surface area contributed by atoms with Crippen LogP contribution in [0.2, 0.25) is 0 Å². The highest BCUT2D eigenvalue weighted by Crippen LogP contribution is 2.23. The Hall–Kier alpha value is -1.14. The quantitative estimate of drug-likeness (QED) is 0.859. The molecule has 0 aromatic carbocycles. The first-order chi connectivity index (χ1) is 8.45. The highest BCUT2D eigenvalue weighted by atomic mass is 32.2. The van der Waals surface area contributed by atoms with Crippen LogP contribution in [0.1, 0.15) is 27.2 Å². The lowest BCUT2D eigenvalue weighted by atomic mass is 10.3.